The molecule has 0 bridgehead atoms. The molecule has 0 saturated carbocycles. The molecule has 1 aliphatic heterocycles. The van der Waals surface area contributed by atoms with Crippen molar-refractivity contribution in [3.8, 4) is 0 Å². The Bertz CT molecular complexity index is 545. The second kappa shape index (κ2) is 9.57. The van der Waals surface area contributed by atoms with E-state index in [4.69, 9.17) is 10.2 Å². The SMILES string of the molecule is CC(NC(=O)C1CCCN1)C(=O)NC(CC(=O)O)C(=O)NCC(=O)O. The summed E-state index contributed by atoms with van der Waals surface area (Å²) in [6.07, 6.45) is 0.782. The molecule has 0 spiro atoms. The topological polar surface area (TPSA) is 174 Å². The van der Waals surface area contributed by atoms with Crippen molar-refractivity contribution in [2.75, 3.05) is 13.1 Å². The maximum absolute atomic E-state index is 12.1. The van der Waals surface area contributed by atoms with Crippen LogP contribution in [0.2, 0.25) is 0 Å². The number of carboxylic acid groups (broad SMARTS) is 2. The van der Waals surface area contributed by atoms with E-state index in [0.29, 0.717) is 13.0 Å². The van der Waals surface area contributed by atoms with Crippen molar-refractivity contribution < 1.29 is 34.2 Å². The second-order valence-electron chi connectivity index (χ2n) is 5.65. The predicted octanol–water partition coefficient (Wildman–Crippen LogP) is -2.60. The zero-order valence-corrected chi connectivity index (χ0v) is 13.7. The number of hydrogen-bond acceptors (Lipinski definition) is 6. The number of hydrogen-bond donors (Lipinski definition) is 6. The summed E-state index contributed by atoms with van der Waals surface area (Å²) in [6, 6.07) is -2.82. The lowest BCUT2D eigenvalue weighted by atomic mass is 10.1. The smallest absolute Gasteiger partial charge is 0.322 e. The van der Waals surface area contributed by atoms with Gasteiger partial charge in [0.15, 0.2) is 0 Å². The summed E-state index contributed by atoms with van der Waals surface area (Å²) in [5, 5.41) is 27.0. The molecule has 3 amide bonds. The van der Waals surface area contributed by atoms with Gasteiger partial charge in [-0.2, -0.15) is 0 Å². The largest absolute Gasteiger partial charge is 0.481 e. The minimum atomic E-state index is -1.45. The highest BCUT2D eigenvalue weighted by Crippen LogP contribution is 2.05. The average molecular weight is 358 g/mol. The average Bonchev–Trinajstić information content (AvgIpc) is 3.05. The summed E-state index contributed by atoms with van der Waals surface area (Å²) in [6.45, 7) is 1.41. The minimum absolute atomic E-state index is 0.356. The molecule has 0 aromatic heterocycles. The fourth-order valence-corrected chi connectivity index (χ4v) is 2.25. The zero-order valence-electron chi connectivity index (χ0n) is 13.7. The highest BCUT2D eigenvalue weighted by Gasteiger charge is 2.28. The van der Waals surface area contributed by atoms with E-state index in [1.165, 1.54) is 6.92 Å². The summed E-state index contributed by atoms with van der Waals surface area (Å²) in [5.74, 6) is -4.69. The van der Waals surface area contributed by atoms with E-state index in [2.05, 4.69) is 16.0 Å². The third-order valence-electron chi connectivity index (χ3n) is 3.55. The normalized spacial score (nSPS) is 18.7. The Morgan fingerprint density at radius 2 is 1.76 bits per heavy atom. The van der Waals surface area contributed by atoms with Crippen molar-refractivity contribution >= 4 is 29.7 Å². The number of amides is 3. The lowest BCUT2D eigenvalue weighted by Crippen LogP contribution is -2.55. The number of carbonyl (C=O) groups is 5. The summed E-state index contributed by atoms with van der Waals surface area (Å²) < 4.78 is 0. The van der Waals surface area contributed by atoms with Crippen LogP contribution in [0.1, 0.15) is 26.2 Å². The maximum Gasteiger partial charge on any atom is 0.322 e. The number of nitrogens with one attached hydrogen (secondary N) is 4. The van der Waals surface area contributed by atoms with Gasteiger partial charge in [-0.05, 0) is 26.3 Å². The van der Waals surface area contributed by atoms with Crippen LogP contribution in [0.15, 0.2) is 0 Å². The van der Waals surface area contributed by atoms with E-state index >= 15 is 0 Å². The van der Waals surface area contributed by atoms with Crippen molar-refractivity contribution in [3.05, 3.63) is 0 Å². The van der Waals surface area contributed by atoms with E-state index in [1.807, 2.05) is 5.32 Å². The molecule has 3 atom stereocenters. The quantitative estimate of drug-likeness (QED) is 0.260. The van der Waals surface area contributed by atoms with Crippen molar-refractivity contribution in [2.45, 2.75) is 44.3 Å². The van der Waals surface area contributed by atoms with Gasteiger partial charge in [0.1, 0.15) is 18.6 Å². The van der Waals surface area contributed by atoms with Gasteiger partial charge < -0.3 is 31.5 Å². The highest BCUT2D eigenvalue weighted by molar-refractivity contribution is 5.95. The monoisotopic (exact) mass is 358 g/mol. The molecule has 1 aliphatic rings. The number of carboxylic acids is 2. The van der Waals surface area contributed by atoms with Gasteiger partial charge in [0, 0.05) is 0 Å². The van der Waals surface area contributed by atoms with Gasteiger partial charge in [-0.1, -0.05) is 0 Å². The Balaban J connectivity index is 2.59. The third-order valence-corrected chi connectivity index (χ3v) is 3.55. The van der Waals surface area contributed by atoms with Crippen LogP contribution in [0, 0.1) is 0 Å². The van der Waals surface area contributed by atoms with Crippen LogP contribution in [0.5, 0.6) is 0 Å². The molecule has 11 nitrogen and oxygen atoms in total. The van der Waals surface area contributed by atoms with Gasteiger partial charge in [0.05, 0.1) is 12.5 Å². The van der Waals surface area contributed by atoms with Gasteiger partial charge >= 0.3 is 11.9 Å². The molecule has 11 heteroatoms. The Hall–Kier alpha value is -2.69. The first-order valence-corrected chi connectivity index (χ1v) is 7.76. The van der Waals surface area contributed by atoms with Crippen LogP contribution >= 0.6 is 0 Å². The fourth-order valence-electron chi connectivity index (χ4n) is 2.25. The van der Waals surface area contributed by atoms with Crippen LogP contribution in [0.4, 0.5) is 0 Å². The van der Waals surface area contributed by atoms with Crippen LogP contribution in [0.3, 0.4) is 0 Å². The van der Waals surface area contributed by atoms with Gasteiger partial charge in [0.25, 0.3) is 0 Å². The van der Waals surface area contributed by atoms with Crippen LogP contribution in [-0.2, 0) is 24.0 Å². The first-order chi connectivity index (χ1) is 11.7. The summed E-state index contributed by atoms with van der Waals surface area (Å²) >= 11 is 0. The molecular formula is C14H22N4O7. The van der Waals surface area contributed by atoms with Crippen molar-refractivity contribution in [2.24, 2.45) is 0 Å². The molecule has 0 aliphatic carbocycles. The molecule has 0 radical (unpaired) electrons. The molecule has 6 N–H and O–H groups in total. The molecule has 140 valence electrons. The number of carbonyl (C=O) groups excluding carboxylic acids is 3. The predicted molar refractivity (Wildman–Crippen MR) is 83.5 cm³/mol. The van der Waals surface area contributed by atoms with E-state index < -0.39 is 48.8 Å². The molecule has 1 heterocycles. The molecule has 1 rings (SSSR count). The van der Waals surface area contributed by atoms with Crippen molar-refractivity contribution in [3.63, 3.8) is 0 Å². The van der Waals surface area contributed by atoms with E-state index in [0.717, 1.165) is 6.42 Å². The second-order valence-corrected chi connectivity index (χ2v) is 5.65. The van der Waals surface area contributed by atoms with E-state index in [-0.39, 0.29) is 11.9 Å². The van der Waals surface area contributed by atoms with Gasteiger partial charge in [-0.3, -0.25) is 24.0 Å². The first-order valence-electron chi connectivity index (χ1n) is 7.76. The molecular weight excluding hydrogens is 336 g/mol. The Morgan fingerprint density at radius 3 is 2.28 bits per heavy atom. The van der Waals surface area contributed by atoms with E-state index in [1.54, 1.807) is 0 Å². The zero-order chi connectivity index (χ0) is 19.0. The maximum atomic E-state index is 12.1. The van der Waals surface area contributed by atoms with Crippen LogP contribution in [-0.4, -0.2) is 71.1 Å². The van der Waals surface area contributed by atoms with Crippen molar-refractivity contribution in [1.29, 1.82) is 0 Å². The molecule has 1 fully saturated rings. The Kier molecular flexibility index (Phi) is 7.79. The number of aliphatic carboxylic acids is 2. The molecule has 3 unspecified atom stereocenters. The lowest BCUT2D eigenvalue weighted by molar-refractivity contribution is -0.141. The lowest BCUT2D eigenvalue weighted by Gasteiger charge is -2.21. The van der Waals surface area contributed by atoms with Crippen LogP contribution < -0.4 is 21.3 Å². The van der Waals surface area contributed by atoms with Gasteiger partial charge in [0.2, 0.25) is 17.7 Å². The standard InChI is InChI=1S/C14H22N4O7/c1-7(17-14(25)8-3-2-4-15-8)12(23)18-9(5-10(19)20)13(24)16-6-11(21)22/h7-9,15H,2-6H2,1H3,(H,16,24)(H,17,25)(H,18,23)(H,19,20)(H,21,22). The summed E-state index contributed by atoms with van der Waals surface area (Å²) in [7, 11) is 0. The Morgan fingerprint density at radius 1 is 1.08 bits per heavy atom. The van der Waals surface area contributed by atoms with Crippen LogP contribution in [0.25, 0.3) is 0 Å². The third kappa shape index (κ3) is 7.16. The highest BCUT2D eigenvalue weighted by atomic mass is 16.4. The summed E-state index contributed by atoms with van der Waals surface area (Å²) in [5.41, 5.74) is 0. The van der Waals surface area contributed by atoms with Gasteiger partial charge in [-0.25, -0.2) is 0 Å². The van der Waals surface area contributed by atoms with E-state index in [9.17, 15) is 24.0 Å². The molecule has 25 heavy (non-hydrogen) atoms. The fraction of sp³-hybridized carbons (Fsp3) is 0.643. The first kappa shape index (κ1) is 20.4. The minimum Gasteiger partial charge on any atom is -0.481 e. The number of rotatable bonds is 9. The van der Waals surface area contributed by atoms with Crippen molar-refractivity contribution in [1.82, 2.24) is 21.3 Å². The molecule has 0 aromatic rings. The molecule has 0 aromatic carbocycles. The Labute approximate surface area is 143 Å². The summed E-state index contributed by atoms with van der Waals surface area (Å²) in [4.78, 5) is 57.1. The van der Waals surface area contributed by atoms with Gasteiger partial charge in [-0.15, -0.1) is 0 Å². The molecule has 1 saturated heterocycles.